The Hall–Kier alpha value is -1.88. The molecule has 2 rings (SSSR count). The number of nitrogens with zero attached hydrogens (tertiary/aromatic N) is 1. The zero-order valence-corrected chi connectivity index (χ0v) is 14.8. The van der Waals surface area contributed by atoms with Gasteiger partial charge < -0.3 is 9.47 Å². The topological polar surface area (TPSA) is 55.8 Å². The van der Waals surface area contributed by atoms with Gasteiger partial charge in [-0.25, -0.2) is 9.59 Å². The van der Waals surface area contributed by atoms with Gasteiger partial charge in [-0.05, 0) is 25.3 Å². The van der Waals surface area contributed by atoms with E-state index in [0.29, 0.717) is 32.5 Å². The molecule has 5 heteroatoms. The number of carbonyl (C=O) groups excluding carboxylic acids is 2. The quantitative estimate of drug-likeness (QED) is 0.541. The molecule has 24 heavy (non-hydrogen) atoms. The van der Waals surface area contributed by atoms with Gasteiger partial charge in [0.1, 0.15) is 0 Å². The molecule has 1 aliphatic heterocycles. The van der Waals surface area contributed by atoms with E-state index < -0.39 is 17.5 Å². The third-order valence-corrected chi connectivity index (χ3v) is 4.50. The summed E-state index contributed by atoms with van der Waals surface area (Å²) in [5, 5.41) is 0. The van der Waals surface area contributed by atoms with Gasteiger partial charge in [-0.1, -0.05) is 44.2 Å². The minimum absolute atomic E-state index is 0.215. The molecule has 5 nitrogen and oxygen atoms in total. The highest BCUT2D eigenvalue weighted by Crippen LogP contribution is 2.35. The third kappa shape index (κ3) is 3.78. The van der Waals surface area contributed by atoms with Crippen LogP contribution in [0.5, 0.6) is 0 Å². The Kier molecular flexibility index (Phi) is 6.37. The summed E-state index contributed by atoms with van der Waals surface area (Å²) in [4.78, 5) is 27.3. The molecule has 0 radical (unpaired) electrons. The van der Waals surface area contributed by atoms with Gasteiger partial charge in [0.15, 0.2) is 0 Å². The average Bonchev–Trinajstić information content (AvgIpc) is 2.58. The maximum Gasteiger partial charge on any atom is 0.338 e. The summed E-state index contributed by atoms with van der Waals surface area (Å²) in [6, 6.07) is 9.81. The van der Waals surface area contributed by atoms with Crippen LogP contribution in [0.3, 0.4) is 0 Å². The van der Waals surface area contributed by atoms with E-state index in [2.05, 4.69) is 0 Å². The van der Waals surface area contributed by atoms with Crippen molar-refractivity contribution in [3.63, 3.8) is 0 Å². The van der Waals surface area contributed by atoms with Crippen molar-refractivity contribution in [1.82, 2.24) is 4.90 Å². The summed E-state index contributed by atoms with van der Waals surface area (Å²) in [5.74, 6) is -0.972. The van der Waals surface area contributed by atoms with Crippen LogP contribution in [-0.2, 0) is 25.6 Å². The second-order valence-corrected chi connectivity index (χ2v) is 6.28. The van der Waals surface area contributed by atoms with Crippen LogP contribution in [0.25, 0.3) is 0 Å². The average molecular weight is 333 g/mol. The van der Waals surface area contributed by atoms with Gasteiger partial charge in [0.05, 0.1) is 12.7 Å². The molecular weight excluding hydrogens is 306 g/mol. The van der Waals surface area contributed by atoms with Crippen LogP contribution in [0.4, 0.5) is 0 Å². The highest BCUT2D eigenvalue weighted by Gasteiger charge is 2.59. The fourth-order valence-corrected chi connectivity index (χ4v) is 2.73. The van der Waals surface area contributed by atoms with Crippen molar-refractivity contribution in [1.29, 1.82) is 0 Å². The molecule has 1 aromatic carbocycles. The van der Waals surface area contributed by atoms with Crippen molar-refractivity contribution < 1.29 is 19.1 Å². The van der Waals surface area contributed by atoms with Crippen LogP contribution in [0.2, 0.25) is 0 Å². The second-order valence-electron chi connectivity index (χ2n) is 6.28. The van der Waals surface area contributed by atoms with Crippen LogP contribution in [0, 0.1) is 0 Å². The maximum absolute atomic E-state index is 12.8. The fourth-order valence-electron chi connectivity index (χ4n) is 2.73. The highest BCUT2D eigenvalue weighted by atomic mass is 16.6. The molecule has 1 aliphatic rings. The van der Waals surface area contributed by atoms with Crippen molar-refractivity contribution in [2.24, 2.45) is 0 Å². The van der Waals surface area contributed by atoms with E-state index in [1.807, 2.05) is 56.0 Å². The summed E-state index contributed by atoms with van der Waals surface area (Å²) in [6.07, 6.45) is 1.66. The second kappa shape index (κ2) is 8.29. The molecule has 132 valence electrons. The Morgan fingerprint density at radius 2 is 1.92 bits per heavy atom. The van der Waals surface area contributed by atoms with Gasteiger partial charge in [0.2, 0.25) is 5.54 Å². The molecular formula is C19H27NO4. The van der Waals surface area contributed by atoms with E-state index in [9.17, 15) is 9.59 Å². The van der Waals surface area contributed by atoms with Crippen molar-refractivity contribution in [2.75, 3.05) is 13.2 Å². The SMILES string of the molecule is CCCOC(=O)[C@@]1(C(=O)O[C@H](C)CC)CCN1Cc1ccccc1. The summed E-state index contributed by atoms with van der Waals surface area (Å²) >= 11 is 0. The molecule has 0 saturated carbocycles. The number of ether oxygens (including phenoxy) is 2. The highest BCUT2D eigenvalue weighted by molar-refractivity contribution is 6.06. The first-order valence-corrected chi connectivity index (χ1v) is 8.71. The Morgan fingerprint density at radius 1 is 1.21 bits per heavy atom. The molecule has 0 aromatic heterocycles. The standard InChI is InChI=1S/C19H27NO4/c1-4-13-23-17(21)19(18(22)24-15(3)5-2)11-12-20(19)14-16-9-7-6-8-10-16/h6-10,15H,4-5,11-14H2,1-3H3/t15-,19-/m1/s1. The molecule has 0 unspecified atom stereocenters. The lowest BCUT2D eigenvalue weighted by molar-refractivity contribution is -0.190. The minimum Gasteiger partial charge on any atom is -0.464 e. The normalized spacial score (nSPS) is 21.6. The lowest BCUT2D eigenvalue weighted by Gasteiger charge is -2.48. The first-order valence-electron chi connectivity index (χ1n) is 8.71. The van der Waals surface area contributed by atoms with E-state index >= 15 is 0 Å². The van der Waals surface area contributed by atoms with E-state index in [1.54, 1.807) is 0 Å². The predicted molar refractivity (Wildman–Crippen MR) is 91.3 cm³/mol. The van der Waals surface area contributed by atoms with E-state index in [-0.39, 0.29) is 6.10 Å². The molecule has 1 aromatic rings. The Morgan fingerprint density at radius 3 is 2.46 bits per heavy atom. The zero-order valence-electron chi connectivity index (χ0n) is 14.8. The number of likely N-dealkylation sites (tertiary alicyclic amines) is 1. The van der Waals surface area contributed by atoms with Crippen LogP contribution < -0.4 is 0 Å². The molecule has 1 fully saturated rings. The van der Waals surface area contributed by atoms with E-state index in [1.165, 1.54) is 0 Å². The van der Waals surface area contributed by atoms with Crippen molar-refractivity contribution in [3.05, 3.63) is 35.9 Å². The number of esters is 2. The van der Waals surface area contributed by atoms with Gasteiger partial charge >= 0.3 is 11.9 Å². The Bertz CT molecular complexity index is 560. The predicted octanol–water partition coefficient (Wildman–Crippen LogP) is 2.93. The monoisotopic (exact) mass is 333 g/mol. The van der Waals surface area contributed by atoms with Crippen LogP contribution >= 0.6 is 0 Å². The molecule has 2 atom stereocenters. The smallest absolute Gasteiger partial charge is 0.338 e. The van der Waals surface area contributed by atoms with Gasteiger partial charge in [-0.3, -0.25) is 4.90 Å². The molecule has 1 heterocycles. The third-order valence-electron chi connectivity index (χ3n) is 4.50. The molecule has 0 N–H and O–H groups in total. The molecule has 0 amide bonds. The first-order chi connectivity index (χ1) is 11.5. The summed E-state index contributed by atoms with van der Waals surface area (Å²) in [7, 11) is 0. The minimum atomic E-state index is -1.30. The van der Waals surface area contributed by atoms with Crippen molar-refractivity contribution in [3.8, 4) is 0 Å². The van der Waals surface area contributed by atoms with E-state index in [0.717, 1.165) is 12.0 Å². The van der Waals surface area contributed by atoms with Gasteiger partial charge in [0, 0.05) is 19.5 Å². The maximum atomic E-state index is 12.8. The Balaban J connectivity index is 2.19. The van der Waals surface area contributed by atoms with Crippen LogP contribution in [0.15, 0.2) is 30.3 Å². The fraction of sp³-hybridized carbons (Fsp3) is 0.579. The van der Waals surface area contributed by atoms with Gasteiger partial charge in [-0.15, -0.1) is 0 Å². The zero-order chi connectivity index (χ0) is 17.6. The number of benzene rings is 1. The van der Waals surface area contributed by atoms with Gasteiger partial charge in [0.25, 0.3) is 0 Å². The number of rotatable bonds is 8. The first kappa shape index (κ1) is 18.5. The van der Waals surface area contributed by atoms with E-state index in [4.69, 9.17) is 9.47 Å². The van der Waals surface area contributed by atoms with Crippen LogP contribution in [-0.4, -0.2) is 41.6 Å². The molecule has 1 saturated heterocycles. The van der Waals surface area contributed by atoms with Crippen molar-refractivity contribution >= 4 is 11.9 Å². The van der Waals surface area contributed by atoms with Gasteiger partial charge in [-0.2, -0.15) is 0 Å². The lowest BCUT2D eigenvalue weighted by atomic mass is 9.83. The molecule has 0 aliphatic carbocycles. The molecule has 0 spiro atoms. The largest absolute Gasteiger partial charge is 0.464 e. The Labute approximate surface area is 143 Å². The number of carbonyl (C=O) groups is 2. The molecule has 0 bridgehead atoms. The number of hydrogen-bond acceptors (Lipinski definition) is 5. The summed E-state index contributed by atoms with van der Waals surface area (Å²) < 4.78 is 10.8. The summed E-state index contributed by atoms with van der Waals surface area (Å²) in [6.45, 7) is 7.23. The lowest BCUT2D eigenvalue weighted by Crippen LogP contribution is -2.69. The van der Waals surface area contributed by atoms with Crippen molar-refractivity contribution in [2.45, 2.75) is 58.2 Å². The summed E-state index contributed by atoms with van der Waals surface area (Å²) in [5.41, 5.74) is -0.241. The van der Waals surface area contributed by atoms with Crippen LogP contribution in [0.1, 0.15) is 45.6 Å². The number of hydrogen-bond donors (Lipinski definition) is 0.